The summed E-state index contributed by atoms with van der Waals surface area (Å²) in [6, 6.07) is 15.9. The minimum absolute atomic E-state index is 0.0306. The van der Waals surface area contributed by atoms with Crippen molar-refractivity contribution in [2.45, 2.75) is 69.8 Å². The summed E-state index contributed by atoms with van der Waals surface area (Å²) in [7, 11) is 1.80. The number of carbonyl (C=O) groups is 1. The molecular weight excluding hydrogens is 643 g/mol. The van der Waals surface area contributed by atoms with Crippen molar-refractivity contribution in [2.75, 3.05) is 23.3 Å². The first kappa shape index (κ1) is 32.0. The number of benzene rings is 2. The molecular formula is C37H34F3N9O. The molecule has 1 N–H and O–H groups in total. The Morgan fingerprint density at radius 3 is 2.46 bits per heavy atom. The predicted molar refractivity (Wildman–Crippen MR) is 178 cm³/mol. The summed E-state index contributed by atoms with van der Waals surface area (Å²) in [5, 5.41) is 31.1. The van der Waals surface area contributed by atoms with Crippen LogP contribution in [-0.2, 0) is 26.3 Å². The van der Waals surface area contributed by atoms with Crippen LogP contribution in [0.3, 0.4) is 0 Å². The molecule has 10 nitrogen and oxygen atoms in total. The number of alkyl halides is 3. The zero-order valence-electron chi connectivity index (χ0n) is 27.5. The molecule has 50 heavy (non-hydrogen) atoms. The fourth-order valence-corrected chi connectivity index (χ4v) is 7.82. The fourth-order valence-electron chi connectivity index (χ4n) is 7.82. The number of hydrogen-bond acceptors (Lipinski definition) is 8. The lowest BCUT2D eigenvalue weighted by molar-refractivity contribution is -0.138. The van der Waals surface area contributed by atoms with Gasteiger partial charge in [0.05, 0.1) is 41.8 Å². The first-order valence-electron chi connectivity index (χ1n) is 16.8. The van der Waals surface area contributed by atoms with Crippen molar-refractivity contribution in [1.29, 1.82) is 10.5 Å². The van der Waals surface area contributed by atoms with Crippen LogP contribution in [0.1, 0.15) is 77.6 Å². The Morgan fingerprint density at radius 1 is 1.00 bits per heavy atom. The number of aryl methyl sites for hydroxylation is 1. The highest BCUT2D eigenvalue weighted by Gasteiger charge is 2.48. The minimum atomic E-state index is -4.66. The van der Waals surface area contributed by atoms with E-state index in [0.29, 0.717) is 51.4 Å². The van der Waals surface area contributed by atoms with E-state index in [2.05, 4.69) is 32.6 Å². The van der Waals surface area contributed by atoms with Gasteiger partial charge in [-0.1, -0.05) is 0 Å². The molecule has 1 amide bonds. The van der Waals surface area contributed by atoms with E-state index in [1.165, 1.54) is 11.0 Å². The molecule has 2 saturated carbocycles. The van der Waals surface area contributed by atoms with Crippen molar-refractivity contribution in [3.8, 4) is 34.7 Å². The molecule has 4 aliphatic rings. The fraction of sp³-hybridized carbons (Fsp3) is 0.405. The Hall–Kier alpha value is -5.27. The average Bonchev–Trinajstić information content (AvgIpc) is 3.32. The average molecular weight is 678 g/mol. The van der Waals surface area contributed by atoms with Crippen molar-refractivity contribution in [2.24, 2.45) is 12.5 Å². The third-order valence-corrected chi connectivity index (χ3v) is 10.9. The number of hydrogen-bond donors (Lipinski definition) is 1. The molecule has 2 aromatic heterocycles. The lowest BCUT2D eigenvalue weighted by Gasteiger charge is -2.41. The topological polar surface area (TPSA) is 127 Å². The number of anilines is 2. The van der Waals surface area contributed by atoms with Crippen LogP contribution in [0.5, 0.6) is 0 Å². The molecule has 8 rings (SSSR count). The molecule has 3 fully saturated rings. The summed E-state index contributed by atoms with van der Waals surface area (Å²) in [5.74, 6) is 0.517. The van der Waals surface area contributed by atoms with Crippen molar-refractivity contribution >= 4 is 17.5 Å². The maximum Gasteiger partial charge on any atom is 0.416 e. The number of nitrogens with one attached hydrogen (secondary N) is 1. The normalized spacial score (nSPS) is 18.8. The van der Waals surface area contributed by atoms with Gasteiger partial charge in [0.1, 0.15) is 18.0 Å². The van der Waals surface area contributed by atoms with Gasteiger partial charge in [-0.3, -0.25) is 14.6 Å². The van der Waals surface area contributed by atoms with Crippen LogP contribution in [0.15, 0.2) is 48.8 Å². The monoisotopic (exact) mass is 677 g/mol. The molecule has 4 heterocycles. The summed E-state index contributed by atoms with van der Waals surface area (Å²) in [6.07, 6.45) is 2.96. The van der Waals surface area contributed by atoms with Gasteiger partial charge in [-0.15, -0.1) is 10.2 Å². The number of aromatic nitrogens is 4. The maximum atomic E-state index is 14.6. The third-order valence-electron chi connectivity index (χ3n) is 10.9. The van der Waals surface area contributed by atoms with Gasteiger partial charge in [0.2, 0.25) is 0 Å². The summed E-state index contributed by atoms with van der Waals surface area (Å²) in [5.41, 5.74) is 1.67. The second-order valence-corrected chi connectivity index (χ2v) is 14.3. The van der Waals surface area contributed by atoms with E-state index in [9.17, 15) is 28.5 Å². The van der Waals surface area contributed by atoms with Gasteiger partial charge in [0.15, 0.2) is 5.82 Å². The number of likely N-dealkylation sites (tertiary alicyclic amines) is 1. The Labute approximate surface area is 287 Å². The number of carbonyl (C=O) groups excluding carboxylic acids is 1. The molecule has 13 heteroatoms. The minimum Gasteiger partial charge on any atom is -0.364 e. The van der Waals surface area contributed by atoms with Crippen LogP contribution < -0.4 is 10.2 Å². The lowest BCUT2D eigenvalue weighted by atomic mass is 9.74. The largest absolute Gasteiger partial charge is 0.416 e. The standard InChI is InChI=1S/C37H34F3N9O/c1-47-22-43-46-33(47)26-4-3-23(18-42)13-27(26)25-16-31(45-36(9-11-41)5-2-6-36)44-32(17-25)49-20-29-28(34(49)50)14-24(15-30(29)37(38,39)40)19-48-12-10-35(21-48)7-8-35/h3-4,13-17,22H,2,5-10,12,19-21H2,1H3,(H,44,45). The Bertz CT molecular complexity index is 2120. The molecule has 0 atom stereocenters. The van der Waals surface area contributed by atoms with Gasteiger partial charge < -0.3 is 9.88 Å². The summed E-state index contributed by atoms with van der Waals surface area (Å²) in [4.78, 5) is 22.4. The predicted octanol–water partition coefficient (Wildman–Crippen LogP) is 6.83. The summed E-state index contributed by atoms with van der Waals surface area (Å²) in [6.45, 7) is 1.76. The van der Waals surface area contributed by atoms with Crippen LogP contribution in [0.25, 0.3) is 22.5 Å². The SMILES string of the molecule is Cn1cnnc1-c1ccc(C#N)cc1-c1cc(NC2(CC#N)CCC2)nc(N2Cc3c(cc(CN4CCC5(CC5)C4)cc3C(F)(F)F)C2=O)c1. The van der Waals surface area contributed by atoms with Crippen molar-refractivity contribution in [3.05, 3.63) is 76.6 Å². The first-order valence-corrected chi connectivity index (χ1v) is 16.8. The molecule has 0 radical (unpaired) electrons. The zero-order chi connectivity index (χ0) is 34.8. The molecule has 0 bridgehead atoms. The lowest BCUT2D eigenvalue weighted by Crippen LogP contribution is -2.45. The van der Waals surface area contributed by atoms with E-state index in [1.54, 1.807) is 54.3 Å². The highest BCUT2D eigenvalue weighted by molar-refractivity contribution is 6.10. The van der Waals surface area contributed by atoms with E-state index in [-0.39, 0.29) is 29.9 Å². The number of halogens is 3. The molecule has 1 spiro atoms. The number of nitrogens with zero attached hydrogens (tertiary/aromatic N) is 8. The third kappa shape index (κ3) is 5.65. The van der Waals surface area contributed by atoms with Crippen molar-refractivity contribution in [3.63, 3.8) is 0 Å². The molecule has 0 unspecified atom stereocenters. The van der Waals surface area contributed by atoms with E-state index in [4.69, 9.17) is 4.98 Å². The number of nitriles is 2. The van der Waals surface area contributed by atoms with Crippen LogP contribution >= 0.6 is 0 Å². The smallest absolute Gasteiger partial charge is 0.364 e. The molecule has 2 aliphatic carbocycles. The van der Waals surface area contributed by atoms with Gasteiger partial charge in [0.25, 0.3) is 5.91 Å². The van der Waals surface area contributed by atoms with Gasteiger partial charge in [-0.25, -0.2) is 4.98 Å². The number of fused-ring (bicyclic) bond motifs is 1. The van der Waals surface area contributed by atoms with Crippen LogP contribution in [0.2, 0.25) is 0 Å². The Kier molecular flexibility index (Phi) is 7.46. The van der Waals surface area contributed by atoms with E-state index >= 15 is 0 Å². The Balaban J connectivity index is 1.22. The van der Waals surface area contributed by atoms with Crippen molar-refractivity contribution in [1.82, 2.24) is 24.6 Å². The number of rotatable bonds is 8. The molecule has 4 aromatic rings. The second kappa shape index (κ2) is 11.7. The van der Waals surface area contributed by atoms with Gasteiger partial charge in [0, 0.05) is 31.3 Å². The summed E-state index contributed by atoms with van der Waals surface area (Å²) < 4.78 is 45.6. The highest BCUT2D eigenvalue weighted by atomic mass is 19.4. The quantitative estimate of drug-likeness (QED) is 0.215. The molecule has 1 saturated heterocycles. The van der Waals surface area contributed by atoms with Crippen molar-refractivity contribution < 1.29 is 18.0 Å². The van der Waals surface area contributed by atoms with E-state index in [1.807, 2.05) is 0 Å². The zero-order valence-corrected chi connectivity index (χ0v) is 27.5. The van der Waals surface area contributed by atoms with Gasteiger partial charge in [-0.05, 0) is 115 Å². The van der Waals surface area contributed by atoms with Gasteiger partial charge >= 0.3 is 6.18 Å². The Morgan fingerprint density at radius 2 is 1.82 bits per heavy atom. The first-order chi connectivity index (χ1) is 24.0. The molecule has 2 aromatic carbocycles. The van der Waals surface area contributed by atoms with Crippen LogP contribution in [0.4, 0.5) is 24.8 Å². The van der Waals surface area contributed by atoms with Gasteiger partial charge in [-0.2, -0.15) is 23.7 Å². The van der Waals surface area contributed by atoms with Crippen LogP contribution in [-0.4, -0.2) is 49.2 Å². The van der Waals surface area contributed by atoms with E-state index < -0.39 is 23.2 Å². The highest BCUT2D eigenvalue weighted by Crippen LogP contribution is 2.53. The van der Waals surface area contributed by atoms with Crippen LogP contribution in [0, 0.1) is 28.1 Å². The second-order valence-electron chi connectivity index (χ2n) is 14.3. The molecule has 2 aliphatic heterocycles. The molecule has 254 valence electrons. The number of amides is 1. The number of pyridine rings is 1. The summed E-state index contributed by atoms with van der Waals surface area (Å²) >= 11 is 0. The maximum absolute atomic E-state index is 14.6. The van der Waals surface area contributed by atoms with E-state index in [0.717, 1.165) is 51.6 Å².